The molecular formula is C7H13N5O4. The van der Waals surface area contributed by atoms with E-state index in [1.54, 1.807) is 10.3 Å². The number of carbonyl (C=O) groups is 1. The monoisotopic (exact) mass is 231 g/mol. The maximum absolute atomic E-state index is 11.5. The number of aliphatic imine (C=N–C) groups is 1. The van der Waals surface area contributed by atoms with Crippen molar-refractivity contribution in [3.05, 3.63) is 10.1 Å². The lowest BCUT2D eigenvalue weighted by atomic mass is 10.4. The van der Waals surface area contributed by atoms with Crippen LogP contribution in [0.2, 0.25) is 0 Å². The van der Waals surface area contributed by atoms with E-state index in [-0.39, 0.29) is 18.4 Å². The molecule has 0 atom stereocenters. The summed E-state index contributed by atoms with van der Waals surface area (Å²) >= 11 is 0. The van der Waals surface area contributed by atoms with Gasteiger partial charge in [0.1, 0.15) is 6.54 Å². The molecule has 0 aromatic heterocycles. The van der Waals surface area contributed by atoms with Crippen molar-refractivity contribution in [2.45, 2.75) is 0 Å². The van der Waals surface area contributed by atoms with E-state index >= 15 is 0 Å². The fraction of sp³-hybridized carbons (Fsp3) is 0.714. The first-order valence-corrected chi connectivity index (χ1v) is 4.66. The van der Waals surface area contributed by atoms with Gasteiger partial charge in [-0.15, -0.1) is 0 Å². The van der Waals surface area contributed by atoms with Crippen LogP contribution >= 0.6 is 0 Å². The third-order valence-electron chi connectivity index (χ3n) is 1.95. The van der Waals surface area contributed by atoms with Crippen molar-refractivity contribution in [1.29, 1.82) is 0 Å². The van der Waals surface area contributed by atoms with E-state index in [4.69, 9.17) is 10.5 Å². The van der Waals surface area contributed by atoms with Gasteiger partial charge in [0.15, 0.2) is 5.03 Å². The second-order valence-electron chi connectivity index (χ2n) is 3.06. The van der Waals surface area contributed by atoms with E-state index in [1.807, 2.05) is 0 Å². The molecule has 1 heterocycles. The standard InChI is InChI=1S/C7H13N5O4/c8-7(10-12(14)15)9-5-6(13)11-1-3-16-4-2-11/h1-5H2,(H3,8,9,10). The molecule has 0 radical (unpaired) electrons. The predicted molar refractivity (Wildman–Crippen MR) is 54.0 cm³/mol. The van der Waals surface area contributed by atoms with E-state index in [1.165, 1.54) is 0 Å². The van der Waals surface area contributed by atoms with Crippen molar-refractivity contribution in [1.82, 2.24) is 10.3 Å². The van der Waals surface area contributed by atoms with Crippen LogP contribution in [0.4, 0.5) is 0 Å². The number of hydrogen-bond donors (Lipinski definition) is 2. The number of ether oxygens (including phenoxy) is 1. The number of hydrazine groups is 1. The molecule has 3 N–H and O–H groups in total. The molecule has 0 saturated carbocycles. The second kappa shape index (κ2) is 5.85. The van der Waals surface area contributed by atoms with Crippen LogP contribution in [-0.2, 0) is 9.53 Å². The Hall–Kier alpha value is -1.90. The first-order valence-electron chi connectivity index (χ1n) is 4.66. The van der Waals surface area contributed by atoms with Crippen molar-refractivity contribution in [2.24, 2.45) is 10.7 Å². The number of nitrogens with zero attached hydrogens (tertiary/aromatic N) is 3. The molecule has 1 rings (SSSR count). The van der Waals surface area contributed by atoms with Crippen LogP contribution in [0.25, 0.3) is 0 Å². The molecule has 90 valence electrons. The molecule has 1 aliphatic heterocycles. The number of nitro groups is 1. The average Bonchev–Trinajstić information content (AvgIpc) is 2.26. The minimum absolute atomic E-state index is 0.202. The van der Waals surface area contributed by atoms with Crippen molar-refractivity contribution < 1.29 is 14.6 Å². The highest BCUT2D eigenvalue weighted by molar-refractivity contribution is 5.83. The van der Waals surface area contributed by atoms with E-state index in [2.05, 4.69) is 4.99 Å². The Labute approximate surface area is 91.4 Å². The summed E-state index contributed by atoms with van der Waals surface area (Å²) < 4.78 is 5.07. The predicted octanol–water partition coefficient (Wildman–Crippen LogP) is -2.06. The number of carbonyl (C=O) groups excluding carboxylic acids is 1. The Morgan fingerprint density at radius 1 is 1.56 bits per heavy atom. The zero-order valence-electron chi connectivity index (χ0n) is 8.59. The Morgan fingerprint density at radius 3 is 2.75 bits per heavy atom. The van der Waals surface area contributed by atoms with Crippen LogP contribution in [0, 0.1) is 10.1 Å². The maximum Gasteiger partial charge on any atom is 0.252 e. The Kier molecular flexibility index (Phi) is 4.45. The minimum Gasteiger partial charge on any atom is -0.378 e. The van der Waals surface area contributed by atoms with Gasteiger partial charge in [-0.25, -0.2) is 15.1 Å². The van der Waals surface area contributed by atoms with Gasteiger partial charge in [0.2, 0.25) is 5.91 Å². The summed E-state index contributed by atoms with van der Waals surface area (Å²) in [5.74, 6) is -0.608. The van der Waals surface area contributed by atoms with Gasteiger partial charge in [0.25, 0.3) is 5.96 Å². The normalized spacial score (nSPS) is 17.0. The number of nitrogens with one attached hydrogen (secondary N) is 1. The topological polar surface area (TPSA) is 123 Å². The molecule has 1 amide bonds. The molecule has 0 aromatic carbocycles. The van der Waals surface area contributed by atoms with E-state index in [0.717, 1.165) is 0 Å². The first kappa shape index (κ1) is 12.2. The molecule has 16 heavy (non-hydrogen) atoms. The molecule has 1 fully saturated rings. The lowest BCUT2D eigenvalue weighted by molar-refractivity contribution is -0.525. The van der Waals surface area contributed by atoms with Gasteiger partial charge in [0, 0.05) is 13.1 Å². The number of guanidine groups is 1. The lowest BCUT2D eigenvalue weighted by Gasteiger charge is -2.26. The summed E-state index contributed by atoms with van der Waals surface area (Å²) in [6.07, 6.45) is 0. The van der Waals surface area contributed by atoms with E-state index < -0.39 is 5.03 Å². The summed E-state index contributed by atoms with van der Waals surface area (Å²) in [7, 11) is 0. The summed E-state index contributed by atoms with van der Waals surface area (Å²) in [5.41, 5.74) is 6.81. The Balaban J connectivity index is 2.35. The van der Waals surface area contributed by atoms with Crippen molar-refractivity contribution in [2.75, 3.05) is 32.8 Å². The molecule has 0 spiro atoms. The summed E-state index contributed by atoms with van der Waals surface area (Å²) in [6.45, 7) is 1.82. The Morgan fingerprint density at radius 2 is 2.19 bits per heavy atom. The molecule has 0 bridgehead atoms. The van der Waals surface area contributed by atoms with E-state index in [0.29, 0.717) is 26.3 Å². The van der Waals surface area contributed by atoms with Crippen LogP contribution in [0.5, 0.6) is 0 Å². The number of rotatable bonds is 3. The molecule has 9 heteroatoms. The van der Waals surface area contributed by atoms with E-state index in [9.17, 15) is 14.9 Å². The van der Waals surface area contributed by atoms with Gasteiger partial charge in [0.05, 0.1) is 13.2 Å². The van der Waals surface area contributed by atoms with Crippen LogP contribution < -0.4 is 11.2 Å². The van der Waals surface area contributed by atoms with Crippen molar-refractivity contribution >= 4 is 11.9 Å². The van der Waals surface area contributed by atoms with Gasteiger partial charge in [-0.3, -0.25) is 4.79 Å². The fourth-order valence-electron chi connectivity index (χ4n) is 1.19. The van der Waals surface area contributed by atoms with Gasteiger partial charge >= 0.3 is 0 Å². The van der Waals surface area contributed by atoms with Gasteiger partial charge in [-0.05, 0) is 0 Å². The quantitative estimate of drug-likeness (QED) is 0.249. The third kappa shape index (κ3) is 4.09. The van der Waals surface area contributed by atoms with Crippen molar-refractivity contribution in [3.63, 3.8) is 0 Å². The molecule has 1 aliphatic rings. The number of nitrogens with two attached hydrogens (primary N) is 1. The van der Waals surface area contributed by atoms with Gasteiger partial charge in [-0.2, -0.15) is 0 Å². The SMILES string of the molecule is NC(=NCC(=O)N1CCOCC1)N[N+](=O)[O-]. The number of hydrogen-bond acceptors (Lipinski definition) is 5. The molecule has 1 saturated heterocycles. The van der Waals surface area contributed by atoms with Crippen LogP contribution in [0.15, 0.2) is 4.99 Å². The number of morpholine rings is 1. The molecular weight excluding hydrogens is 218 g/mol. The smallest absolute Gasteiger partial charge is 0.252 e. The first-order chi connectivity index (χ1) is 7.59. The second-order valence-corrected chi connectivity index (χ2v) is 3.06. The zero-order valence-corrected chi connectivity index (χ0v) is 8.59. The third-order valence-corrected chi connectivity index (χ3v) is 1.95. The summed E-state index contributed by atoms with van der Waals surface area (Å²) in [5, 5.41) is 9.14. The van der Waals surface area contributed by atoms with Crippen molar-refractivity contribution in [3.8, 4) is 0 Å². The van der Waals surface area contributed by atoms with Gasteiger partial charge < -0.3 is 15.4 Å². The Bertz CT molecular complexity index is 299. The van der Waals surface area contributed by atoms with Crippen LogP contribution in [-0.4, -0.2) is 54.6 Å². The highest BCUT2D eigenvalue weighted by atomic mass is 16.7. The minimum atomic E-state index is -0.835. The fourth-order valence-corrected chi connectivity index (χ4v) is 1.19. The molecule has 0 aliphatic carbocycles. The number of amides is 1. The lowest BCUT2D eigenvalue weighted by Crippen LogP contribution is -2.43. The van der Waals surface area contributed by atoms with Crippen LogP contribution in [0.3, 0.4) is 0 Å². The molecule has 0 aromatic rings. The highest BCUT2D eigenvalue weighted by Crippen LogP contribution is 1.97. The van der Waals surface area contributed by atoms with Gasteiger partial charge in [-0.1, -0.05) is 5.43 Å². The largest absolute Gasteiger partial charge is 0.378 e. The zero-order chi connectivity index (χ0) is 12.0. The summed E-state index contributed by atoms with van der Waals surface area (Å²) in [4.78, 5) is 26.6. The average molecular weight is 231 g/mol. The highest BCUT2D eigenvalue weighted by Gasteiger charge is 2.16. The summed E-state index contributed by atoms with van der Waals surface area (Å²) in [6, 6.07) is 0. The molecule has 9 nitrogen and oxygen atoms in total. The molecule has 0 unspecified atom stereocenters. The maximum atomic E-state index is 11.5. The van der Waals surface area contributed by atoms with Crippen LogP contribution in [0.1, 0.15) is 0 Å².